The van der Waals surface area contributed by atoms with Gasteiger partial charge in [-0.15, -0.1) is 0 Å². The minimum atomic E-state index is -0.293. The van der Waals surface area contributed by atoms with Gasteiger partial charge in [0.05, 0.1) is 18.2 Å². The number of halogens is 1. The third-order valence-corrected chi connectivity index (χ3v) is 5.08. The van der Waals surface area contributed by atoms with Crippen LogP contribution in [0.2, 0.25) is 0 Å². The molecule has 5 nitrogen and oxygen atoms in total. The zero-order chi connectivity index (χ0) is 18.5. The maximum absolute atomic E-state index is 12.5. The van der Waals surface area contributed by atoms with Crippen molar-refractivity contribution in [1.29, 1.82) is 0 Å². The zero-order valence-electron chi connectivity index (χ0n) is 14.1. The molecule has 26 heavy (non-hydrogen) atoms. The summed E-state index contributed by atoms with van der Waals surface area (Å²) in [5, 5.41) is 2.81. The van der Waals surface area contributed by atoms with E-state index < -0.39 is 0 Å². The van der Waals surface area contributed by atoms with Crippen LogP contribution in [0.3, 0.4) is 0 Å². The van der Waals surface area contributed by atoms with Gasteiger partial charge in [0.1, 0.15) is 5.75 Å². The van der Waals surface area contributed by atoms with Crippen molar-refractivity contribution >= 4 is 50.6 Å². The fraction of sp³-hybridized carbons (Fsp3) is 0.158. The Bertz CT molecular complexity index is 835. The molecule has 1 fully saturated rings. The third-order valence-electron chi connectivity index (χ3n) is 3.65. The van der Waals surface area contributed by atoms with E-state index in [1.165, 1.54) is 4.90 Å². The smallest absolute Gasteiger partial charge is 0.295 e. The van der Waals surface area contributed by atoms with Gasteiger partial charge in [-0.05, 0) is 66.7 Å². The number of amides is 2. The van der Waals surface area contributed by atoms with Crippen LogP contribution in [0.4, 0.5) is 10.5 Å². The molecule has 0 aromatic heterocycles. The number of anilines is 1. The quantitative estimate of drug-likeness (QED) is 0.653. The predicted octanol–water partition coefficient (Wildman–Crippen LogP) is 4.95. The summed E-state index contributed by atoms with van der Waals surface area (Å²) < 4.78 is 6.37. The van der Waals surface area contributed by atoms with Gasteiger partial charge in [-0.25, -0.2) is 0 Å². The summed E-state index contributed by atoms with van der Waals surface area (Å²) in [4.78, 5) is 26.3. The van der Waals surface area contributed by atoms with E-state index in [1.54, 1.807) is 6.08 Å². The van der Waals surface area contributed by atoms with Crippen LogP contribution in [-0.4, -0.2) is 29.3 Å². The Hall–Kier alpha value is -2.25. The Labute approximate surface area is 164 Å². The molecule has 2 amide bonds. The molecular formula is C19H17BrN2O3S. The maximum atomic E-state index is 12.5. The molecular weight excluding hydrogens is 416 g/mol. The highest BCUT2D eigenvalue weighted by Gasteiger charge is 2.34. The van der Waals surface area contributed by atoms with Crippen LogP contribution < -0.4 is 10.1 Å². The molecule has 2 aromatic rings. The molecule has 1 N–H and O–H groups in total. The average molecular weight is 433 g/mol. The van der Waals surface area contributed by atoms with Crippen LogP contribution in [0.1, 0.15) is 12.5 Å². The van der Waals surface area contributed by atoms with Crippen molar-refractivity contribution in [2.24, 2.45) is 0 Å². The average Bonchev–Trinajstić information content (AvgIpc) is 2.90. The zero-order valence-corrected chi connectivity index (χ0v) is 16.5. The molecule has 0 radical (unpaired) electrons. The lowest BCUT2D eigenvalue weighted by atomic mass is 10.2. The molecule has 1 heterocycles. The largest absolute Gasteiger partial charge is 0.494 e. The second-order valence-electron chi connectivity index (χ2n) is 5.45. The minimum absolute atomic E-state index is 0.132. The highest BCUT2D eigenvalue weighted by atomic mass is 79.9. The Morgan fingerprint density at radius 2 is 1.81 bits per heavy atom. The SMILES string of the molecule is CCOc1ccc(/C=C2\SC(=O)N(CNc3ccc(Br)cc3)C2=O)cc1. The number of thioether (sulfide) groups is 1. The van der Waals surface area contributed by atoms with Crippen LogP contribution in [0.25, 0.3) is 6.08 Å². The normalized spacial score (nSPS) is 15.6. The van der Waals surface area contributed by atoms with E-state index in [0.717, 1.165) is 33.2 Å². The summed E-state index contributed by atoms with van der Waals surface area (Å²) in [5.41, 5.74) is 1.68. The number of rotatable bonds is 6. The number of nitrogens with one attached hydrogen (secondary N) is 1. The number of hydrogen-bond acceptors (Lipinski definition) is 5. The van der Waals surface area contributed by atoms with Crippen LogP contribution in [0.15, 0.2) is 57.9 Å². The highest BCUT2D eigenvalue weighted by molar-refractivity contribution is 9.10. The van der Waals surface area contributed by atoms with Crippen LogP contribution in [0, 0.1) is 0 Å². The lowest BCUT2D eigenvalue weighted by Crippen LogP contribution is -2.33. The summed E-state index contributed by atoms with van der Waals surface area (Å²) in [5.74, 6) is 0.481. The van der Waals surface area contributed by atoms with Gasteiger partial charge >= 0.3 is 0 Å². The highest BCUT2D eigenvalue weighted by Crippen LogP contribution is 2.32. The second kappa shape index (κ2) is 8.42. The molecule has 0 atom stereocenters. The van der Waals surface area contributed by atoms with E-state index in [2.05, 4.69) is 21.2 Å². The van der Waals surface area contributed by atoms with E-state index in [1.807, 2.05) is 55.5 Å². The molecule has 1 aliphatic rings. The van der Waals surface area contributed by atoms with Gasteiger partial charge in [0.2, 0.25) is 0 Å². The van der Waals surface area contributed by atoms with Crippen molar-refractivity contribution in [2.75, 3.05) is 18.6 Å². The maximum Gasteiger partial charge on any atom is 0.295 e. The van der Waals surface area contributed by atoms with Crippen LogP contribution in [-0.2, 0) is 4.79 Å². The Morgan fingerprint density at radius 1 is 1.12 bits per heavy atom. The van der Waals surface area contributed by atoms with Crippen LogP contribution in [0.5, 0.6) is 5.75 Å². The Kier molecular flexibility index (Phi) is 6.00. The van der Waals surface area contributed by atoms with Crippen molar-refractivity contribution in [3.63, 3.8) is 0 Å². The summed E-state index contributed by atoms with van der Waals surface area (Å²) in [6, 6.07) is 14.9. The summed E-state index contributed by atoms with van der Waals surface area (Å²) in [7, 11) is 0. The third kappa shape index (κ3) is 4.47. The topological polar surface area (TPSA) is 58.6 Å². The molecule has 1 saturated heterocycles. The fourth-order valence-electron chi connectivity index (χ4n) is 2.35. The molecule has 2 aromatic carbocycles. The summed E-state index contributed by atoms with van der Waals surface area (Å²) in [6.45, 7) is 2.66. The number of carbonyl (C=O) groups is 2. The molecule has 7 heteroatoms. The van der Waals surface area contributed by atoms with E-state index in [-0.39, 0.29) is 17.8 Å². The van der Waals surface area contributed by atoms with Crippen molar-refractivity contribution in [2.45, 2.75) is 6.92 Å². The number of benzene rings is 2. The van der Waals surface area contributed by atoms with E-state index >= 15 is 0 Å². The van der Waals surface area contributed by atoms with Gasteiger partial charge in [-0.3, -0.25) is 14.5 Å². The number of hydrogen-bond donors (Lipinski definition) is 1. The van der Waals surface area contributed by atoms with E-state index in [4.69, 9.17) is 4.74 Å². The molecule has 0 aliphatic carbocycles. The van der Waals surface area contributed by atoms with Gasteiger partial charge in [0.25, 0.3) is 11.1 Å². The lowest BCUT2D eigenvalue weighted by molar-refractivity contribution is -0.122. The Balaban J connectivity index is 1.66. The van der Waals surface area contributed by atoms with Gasteiger partial charge in [-0.2, -0.15) is 0 Å². The predicted molar refractivity (Wildman–Crippen MR) is 108 cm³/mol. The molecule has 0 saturated carbocycles. The van der Waals surface area contributed by atoms with Gasteiger partial charge in [0.15, 0.2) is 0 Å². The van der Waals surface area contributed by atoms with Crippen molar-refractivity contribution in [3.05, 3.63) is 63.5 Å². The van der Waals surface area contributed by atoms with Crippen molar-refractivity contribution in [3.8, 4) is 5.75 Å². The van der Waals surface area contributed by atoms with Crippen molar-refractivity contribution in [1.82, 2.24) is 4.90 Å². The Morgan fingerprint density at radius 3 is 2.46 bits per heavy atom. The van der Waals surface area contributed by atoms with E-state index in [9.17, 15) is 9.59 Å². The lowest BCUT2D eigenvalue weighted by Gasteiger charge is -2.14. The molecule has 3 rings (SSSR count). The number of imide groups is 1. The molecule has 0 bridgehead atoms. The first-order valence-electron chi connectivity index (χ1n) is 8.04. The van der Waals surface area contributed by atoms with Gasteiger partial charge in [0, 0.05) is 10.2 Å². The number of nitrogens with zero attached hydrogens (tertiary/aromatic N) is 1. The fourth-order valence-corrected chi connectivity index (χ4v) is 3.46. The van der Waals surface area contributed by atoms with Crippen molar-refractivity contribution < 1.29 is 14.3 Å². The minimum Gasteiger partial charge on any atom is -0.494 e. The molecule has 134 valence electrons. The first-order chi connectivity index (χ1) is 12.6. The summed E-state index contributed by atoms with van der Waals surface area (Å²) in [6.07, 6.45) is 1.72. The number of ether oxygens (including phenoxy) is 1. The standard InChI is InChI=1S/C19H17BrN2O3S/c1-2-25-16-9-3-13(4-10-16)11-17-18(23)22(19(24)26-17)12-21-15-7-5-14(20)6-8-15/h3-11,21H,2,12H2,1H3/b17-11-. The second-order valence-corrected chi connectivity index (χ2v) is 7.36. The van der Waals surface area contributed by atoms with Crippen LogP contribution >= 0.6 is 27.7 Å². The molecule has 1 aliphatic heterocycles. The molecule has 0 unspecified atom stereocenters. The van der Waals surface area contributed by atoms with Gasteiger partial charge in [-0.1, -0.05) is 28.1 Å². The first-order valence-corrected chi connectivity index (χ1v) is 9.65. The number of carbonyl (C=O) groups excluding carboxylic acids is 2. The first kappa shape index (κ1) is 18.5. The molecule has 0 spiro atoms. The monoisotopic (exact) mass is 432 g/mol. The van der Waals surface area contributed by atoms with E-state index in [0.29, 0.717) is 11.5 Å². The summed E-state index contributed by atoms with van der Waals surface area (Å²) >= 11 is 4.32. The van der Waals surface area contributed by atoms with Gasteiger partial charge < -0.3 is 10.1 Å².